The number of hydrogen-bond donors (Lipinski definition) is 1. The summed E-state index contributed by atoms with van der Waals surface area (Å²) >= 11 is 5.77. The minimum Gasteiger partial charge on any atom is -0.388 e. The quantitative estimate of drug-likeness (QED) is 0.840. The Morgan fingerprint density at radius 2 is 2.29 bits per heavy atom. The van der Waals surface area contributed by atoms with Crippen molar-refractivity contribution < 1.29 is 5.11 Å². The second-order valence-electron chi connectivity index (χ2n) is 3.62. The molecule has 0 fully saturated rings. The van der Waals surface area contributed by atoms with E-state index in [0.29, 0.717) is 11.6 Å². The minimum atomic E-state index is -0.648. The Labute approximate surface area is 104 Å². The SMILES string of the molecule is CCn1ncnc1CC(O)c1ccnc(Cl)c1. The van der Waals surface area contributed by atoms with E-state index in [1.807, 2.05) is 6.92 Å². The van der Waals surface area contributed by atoms with E-state index in [2.05, 4.69) is 15.1 Å². The Balaban J connectivity index is 2.14. The van der Waals surface area contributed by atoms with Gasteiger partial charge in [-0.25, -0.2) is 9.97 Å². The van der Waals surface area contributed by atoms with E-state index in [1.54, 1.807) is 23.0 Å². The van der Waals surface area contributed by atoms with Crippen LogP contribution in [0.15, 0.2) is 24.7 Å². The van der Waals surface area contributed by atoms with Gasteiger partial charge in [-0.2, -0.15) is 5.10 Å². The van der Waals surface area contributed by atoms with Gasteiger partial charge in [-0.3, -0.25) is 4.68 Å². The fourth-order valence-electron chi connectivity index (χ4n) is 1.63. The Morgan fingerprint density at radius 1 is 1.47 bits per heavy atom. The van der Waals surface area contributed by atoms with E-state index in [0.717, 1.165) is 17.9 Å². The molecular weight excluding hydrogens is 240 g/mol. The molecular formula is C11H13ClN4O. The van der Waals surface area contributed by atoms with Crippen molar-refractivity contribution in [2.75, 3.05) is 0 Å². The predicted molar refractivity (Wildman–Crippen MR) is 63.6 cm³/mol. The van der Waals surface area contributed by atoms with E-state index >= 15 is 0 Å². The molecule has 0 amide bonds. The molecule has 0 aliphatic carbocycles. The van der Waals surface area contributed by atoms with E-state index in [4.69, 9.17) is 11.6 Å². The van der Waals surface area contributed by atoms with Crippen molar-refractivity contribution in [2.45, 2.75) is 26.0 Å². The monoisotopic (exact) mass is 252 g/mol. The molecule has 0 aromatic carbocycles. The van der Waals surface area contributed by atoms with Crippen molar-refractivity contribution >= 4 is 11.6 Å². The summed E-state index contributed by atoms with van der Waals surface area (Å²) in [5, 5.41) is 14.5. The first kappa shape index (κ1) is 12.0. The summed E-state index contributed by atoms with van der Waals surface area (Å²) in [5.41, 5.74) is 0.732. The van der Waals surface area contributed by atoms with E-state index < -0.39 is 6.10 Å². The van der Waals surface area contributed by atoms with Crippen molar-refractivity contribution in [1.82, 2.24) is 19.7 Å². The molecule has 0 spiro atoms. The molecule has 0 aliphatic heterocycles. The maximum Gasteiger partial charge on any atom is 0.138 e. The summed E-state index contributed by atoms with van der Waals surface area (Å²) in [4.78, 5) is 7.99. The first-order valence-corrected chi connectivity index (χ1v) is 5.74. The van der Waals surface area contributed by atoms with Crippen molar-refractivity contribution in [3.05, 3.63) is 41.2 Å². The largest absolute Gasteiger partial charge is 0.388 e. The van der Waals surface area contributed by atoms with Crippen LogP contribution in [-0.4, -0.2) is 24.9 Å². The standard InChI is InChI=1S/C11H13ClN4O/c1-2-16-11(14-7-15-16)6-9(17)8-3-4-13-10(12)5-8/h3-5,7,9,17H,2,6H2,1H3. The smallest absolute Gasteiger partial charge is 0.138 e. The minimum absolute atomic E-state index is 0.374. The number of halogens is 1. The third-order valence-corrected chi connectivity index (χ3v) is 2.71. The lowest BCUT2D eigenvalue weighted by molar-refractivity contribution is 0.174. The van der Waals surface area contributed by atoms with Gasteiger partial charge in [0.05, 0.1) is 6.10 Å². The second kappa shape index (κ2) is 5.25. The fraction of sp³-hybridized carbons (Fsp3) is 0.364. The van der Waals surface area contributed by atoms with Gasteiger partial charge in [0.1, 0.15) is 17.3 Å². The van der Waals surface area contributed by atoms with Crippen molar-refractivity contribution in [2.24, 2.45) is 0 Å². The van der Waals surface area contributed by atoms with Gasteiger partial charge in [-0.15, -0.1) is 0 Å². The summed E-state index contributed by atoms with van der Waals surface area (Å²) in [5.74, 6) is 0.757. The van der Waals surface area contributed by atoms with Crippen LogP contribution in [0, 0.1) is 0 Å². The van der Waals surface area contributed by atoms with Crippen LogP contribution in [0.4, 0.5) is 0 Å². The van der Waals surface area contributed by atoms with Crippen LogP contribution in [0.2, 0.25) is 5.15 Å². The number of rotatable bonds is 4. The zero-order valence-electron chi connectivity index (χ0n) is 9.41. The average molecular weight is 253 g/mol. The van der Waals surface area contributed by atoms with Gasteiger partial charge < -0.3 is 5.11 Å². The highest BCUT2D eigenvalue weighted by Gasteiger charge is 2.13. The molecule has 0 saturated heterocycles. The molecule has 2 aromatic rings. The third-order valence-electron chi connectivity index (χ3n) is 2.51. The number of aryl methyl sites for hydroxylation is 1. The van der Waals surface area contributed by atoms with Crippen LogP contribution in [0.1, 0.15) is 24.4 Å². The van der Waals surface area contributed by atoms with Gasteiger partial charge in [0.2, 0.25) is 0 Å². The van der Waals surface area contributed by atoms with Crippen LogP contribution in [-0.2, 0) is 13.0 Å². The maximum absolute atomic E-state index is 10.1. The van der Waals surface area contributed by atoms with Crippen LogP contribution in [0.5, 0.6) is 0 Å². The van der Waals surface area contributed by atoms with Gasteiger partial charge in [0.25, 0.3) is 0 Å². The predicted octanol–water partition coefficient (Wildman–Crippen LogP) is 1.62. The van der Waals surface area contributed by atoms with E-state index in [1.165, 1.54) is 6.33 Å². The van der Waals surface area contributed by atoms with Crippen LogP contribution < -0.4 is 0 Å². The molecule has 0 radical (unpaired) electrons. The van der Waals surface area contributed by atoms with Gasteiger partial charge in [0.15, 0.2) is 0 Å². The highest BCUT2D eigenvalue weighted by atomic mass is 35.5. The Hall–Kier alpha value is -1.46. The lowest BCUT2D eigenvalue weighted by Crippen LogP contribution is -2.09. The molecule has 2 rings (SSSR count). The number of aliphatic hydroxyl groups is 1. The summed E-state index contributed by atoms with van der Waals surface area (Å²) in [6.07, 6.45) is 2.83. The topological polar surface area (TPSA) is 63.8 Å². The first-order valence-electron chi connectivity index (χ1n) is 5.37. The Bertz CT molecular complexity index is 500. The van der Waals surface area contributed by atoms with Crippen LogP contribution in [0.25, 0.3) is 0 Å². The van der Waals surface area contributed by atoms with Crippen molar-refractivity contribution in [3.63, 3.8) is 0 Å². The van der Waals surface area contributed by atoms with Gasteiger partial charge in [-0.1, -0.05) is 11.6 Å². The lowest BCUT2D eigenvalue weighted by Gasteiger charge is -2.10. The van der Waals surface area contributed by atoms with Gasteiger partial charge in [-0.05, 0) is 24.6 Å². The zero-order valence-corrected chi connectivity index (χ0v) is 10.2. The summed E-state index contributed by atoms with van der Waals surface area (Å²) in [7, 11) is 0. The number of hydrogen-bond acceptors (Lipinski definition) is 4. The highest BCUT2D eigenvalue weighted by molar-refractivity contribution is 6.29. The van der Waals surface area contributed by atoms with Crippen LogP contribution >= 0.6 is 11.6 Å². The molecule has 0 aliphatic rings. The molecule has 0 bridgehead atoms. The van der Waals surface area contributed by atoms with E-state index in [9.17, 15) is 5.11 Å². The third kappa shape index (κ3) is 2.81. The molecule has 17 heavy (non-hydrogen) atoms. The Morgan fingerprint density at radius 3 is 3.00 bits per heavy atom. The molecule has 2 heterocycles. The molecule has 1 atom stereocenters. The fourth-order valence-corrected chi connectivity index (χ4v) is 1.81. The number of aliphatic hydroxyl groups excluding tert-OH is 1. The summed E-state index contributed by atoms with van der Waals surface area (Å²) in [6.45, 7) is 2.72. The summed E-state index contributed by atoms with van der Waals surface area (Å²) < 4.78 is 1.76. The van der Waals surface area contributed by atoms with E-state index in [-0.39, 0.29) is 0 Å². The van der Waals surface area contributed by atoms with Gasteiger partial charge >= 0.3 is 0 Å². The Kier molecular flexibility index (Phi) is 3.71. The molecule has 90 valence electrons. The first-order chi connectivity index (χ1) is 8.20. The lowest BCUT2D eigenvalue weighted by atomic mass is 10.1. The summed E-state index contributed by atoms with van der Waals surface area (Å²) in [6, 6.07) is 3.39. The molecule has 1 N–H and O–H groups in total. The van der Waals surface area contributed by atoms with Crippen molar-refractivity contribution in [3.8, 4) is 0 Å². The number of pyridine rings is 1. The molecule has 6 heteroatoms. The molecule has 5 nitrogen and oxygen atoms in total. The van der Waals surface area contributed by atoms with Gasteiger partial charge in [0, 0.05) is 19.2 Å². The normalized spacial score (nSPS) is 12.6. The molecule has 2 aromatic heterocycles. The highest BCUT2D eigenvalue weighted by Crippen LogP contribution is 2.18. The molecule has 0 saturated carbocycles. The van der Waals surface area contributed by atoms with Crippen molar-refractivity contribution in [1.29, 1.82) is 0 Å². The number of nitrogens with zero attached hydrogens (tertiary/aromatic N) is 4. The number of aromatic nitrogens is 4. The average Bonchev–Trinajstić information content (AvgIpc) is 2.76. The molecule has 1 unspecified atom stereocenters. The van der Waals surface area contributed by atoms with Crippen LogP contribution in [0.3, 0.4) is 0 Å². The zero-order chi connectivity index (χ0) is 12.3. The maximum atomic E-state index is 10.1. The second-order valence-corrected chi connectivity index (χ2v) is 4.01.